The highest BCUT2D eigenvalue weighted by Crippen LogP contribution is 2.61. The molecule has 1 aromatic carbocycles. The molecule has 2 aliphatic carbocycles. The van der Waals surface area contributed by atoms with Gasteiger partial charge in [-0.3, -0.25) is 19.7 Å². The van der Waals surface area contributed by atoms with Crippen LogP contribution in [-0.4, -0.2) is 32.2 Å². The van der Waals surface area contributed by atoms with Crippen LogP contribution < -0.4 is 0 Å². The second kappa shape index (κ2) is 11.6. The number of hydrogen-bond donors (Lipinski definition) is 0. The van der Waals surface area contributed by atoms with Crippen molar-refractivity contribution >= 4 is 17.9 Å². The first-order valence-electron chi connectivity index (χ1n) is 13.6. The summed E-state index contributed by atoms with van der Waals surface area (Å²) < 4.78 is 6.93. The minimum absolute atomic E-state index is 0.0219. The molecule has 4 rings (SSSR count). The van der Waals surface area contributed by atoms with Crippen LogP contribution in [0, 0.1) is 32.8 Å². The lowest BCUT2D eigenvalue weighted by Crippen LogP contribution is -2.49. The molecule has 1 aromatic heterocycles. The Morgan fingerprint density at radius 3 is 2.69 bits per heavy atom. The number of non-ortho nitro benzene ring substituents is 1. The molecule has 1 heterocycles. The van der Waals surface area contributed by atoms with E-state index in [2.05, 4.69) is 37.7 Å². The number of benzene rings is 1. The van der Waals surface area contributed by atoms with Gasteiger partial charge in [-0.2, -0.15) is 0 Å². The van der Waals surface area contributed by atoms with E-state index < -0.39 is 10.9 Å². The molecule has 2 fully saturated rings. The third-order valence-corrected chi connectivity index (χ3v) is 8.89. The molecule has 0 aliphatic heterocycles. The molecule has 208 valence electrons. The quantitative estimate of drug-likeness (QED) is 0.0918. The van der Waals surface area contributed by atoms with Crippen LogP contribution in [0.1, 0.15) is 77.0 Å². The monoisotopic (exact) mass is 534 g/mol. The van der Waals surface area contributed by atoms with E-state index in [1.807, 2.05) is 6.08 Å². The van der Waals surface area contributed by atoms with Gasteiger partial charge in [0.1, 0.15) is 18.6 Å². The number of allylic oxidation sites excluding steroid dienone is 2. The zero-order valence-electron chi connectivity index (χ0n) is 23.1. The first-order valence-corrected chi connectivity index (χ1v) is 13.6. The van der Waals surface area contributed by atoms with Gasteiger partial charge in [0.05, 0.1) is 24.1 Å². The van der Waals surface area contributed by atoms with Crippen molar-refractivity contribution in [2.45, 2.75) is 78.9 Å². The Hall–Kier alpha value is -3.62. The SMILES string of the molecule is C=C1CC[C@H]2C(C)(C)CCC[C@]2(C)C1C/C=C(/C=O)CC(=O)OCc1cn(Cc2ccc([N+](=O)[O-])cc2)nn1. The summed E-state index contributed by atoms with van der Waals surface area (Å²) in [7, 11) is 0. The highest BCUT2D eigenvalue weighted by molar-refractivity contribution is 5.84. The number of ether oxygens (including phenoxy) is 1. The van der Waals surface area contributed by atoms with Gasteiger partial charge in [0.2, 0.25) is 0 Å². The molecule has 0 radical (unpaired) electrons. The fraction of sp³-hybridized carbons (Fsp3) is 0.533. The fourth-order valence-corrected chi connectivity index (χ4v) is 6.91. The Balaban J connectivity index is 1.31. The van der Waals surface area contributed by atoms with Crippen molar-refractivity contribution in [3.05, 3.63) is 75.6 Å². The Kier molecular flexibility index (Phi) is 8.47. The van der Waals surface area contributed by atoms with Crippen LogP contribution in [0.4, 0.5) is 5.69 Å². The summed E-state index contributed by atoms with van der Waals surface area (Å²) in [5.74, 6) is 0.428. The largest absolute Gasteiger partial charge is 0.459 e. The van der Waals surface area contributed by atoms with Crippen LogP contribution in [-0.2, 0) is 27.5 Å². The fourth-order valence-electron chi connectivity index (χ4n) is 6.91. The molecule has 39 heavy (non-hydrogen) atoms. The van der Waals surface area contributed by atoms with Crippen LogP contribution in [0.2, 0.25) is 0 Å². The molecule has 2 aliphatic rings. The lowest BCUT2D eigenvalue weighted by atomic mass is 9.47. The highest BCUT2D eigenvalue weighted by atomic mass is 16.6. The van der Waals surface area contributed by atoms with E-state index in [4.69, 9.17) is 4.74 Å². The second-order valence-electron chi connectivity index (χ2n) is 12.0. The van der Waals surface area contributed by atoms with Crippen LogP contribution in [0.5, 0.6) is 0 Å². The molecule has 2 aromatic rings. The number of nitro benzene ring substituents is 1. The van der Waals surface area contributed by atoms with Crippen LogP contribution >= 0.6 is 0 Å². The maximum atomic E-state index is 12.5. The van der Waals surface area contributed by atoms with Gasteiger partial charge in [-0.05, 0) is 65.9 Å². The zero-order chi connectivity index (χ0) is 28.2. The van der Waals surface area contributed by atoms with E-state index >= 15 is 0 Å². The Labute approximate surface area is 229 Å². The number of nitro groups is 1. The van der Waals surface area contributed by atoms with Gasteiger partial charge in [0.15, 0.2) is 0 Å². The maximum Gasteiger partial charge on any atom is 0.310 e. The molecule has 3 atom stereocenters. The van der Waals surface area contributed by atoms with Crippen molar-refractivity contribution in [1.29, 1.82) is 0 Å². The molecule has 1 unspecified atom stereocenters. The molecule has 0 N–H and O–H groups in total. The average molecular weight is 535 g/mol. The minimum Gasteiger partial charge on any atom is -0.459 e. The van der Waals surface area contributed by atoms with Crippen LogP contribution in [0.15, 0.2) is 54.3 Å². The van der Waals surface area contributed by atoms with E-state index in [0.29, 0.717) is 41.5 Å². The number of esters is 1. The number of carbonyl (C=O) groups is 2. The number of aromatic nitrogens is 3. The average Bonchev–Trinajstić information content (AvgIpc) is 3.33. The van der Waals surface area contributed by atoms with Crippen LogP contribution in [0.3, 0.4) is 0 Å². The summed E-state index contributed by atoms with van der Waals surface area (Å²) in [4.78, 5) is 34.7. The van der Waals surface area contributed by atoms with Gasteiger partial charge in [-0.25, -0.2) is 4.68 Å². The Bertz CT molecular complexity index is 1260. The summed E-state index contributed by atoms with van der Waals surface area (Å²) in [6.07, 6.45) is 10.7. The van der Waals surface area contributed by atoms with Gasteiger partial charge in [-0.15, -0.1) is 5.10 Å². The molecule has 0 bridgehead atoms. The molecule has 0 saturated heterocycles. The highest BCUT2D eigenvalue weighted by Gasteiger charge is 2.52. The van der Waals surface area contributed by atoms with E-state index in [-0.39, 0.29) is 24.1 Å². The first kappa shape index (κ1) is 28.4. The predicted octanol–water partition coefficient (Wildman–Crippen LogP) is 5.98. The second-order valence-corrected chi connectivity index (χ2v) is 12.0. The molecule has 0 spiro atoms. The van der Waals surface area contributed by atoms with Crippen molar-refractivity contribution in [1.82, 2.24) is 15.0 Å². The number of hydrogen-bond acceptors (Lipinski definition) is 7. The van der Waals surface area contributed by atoms with Gasteiger partial charge in [-0.1, -0.05) is 62.8 Å². The van der Waals surface area contributed by atoms with E-state index in [0.717, 1.165) is 18.3 Å². The van der Waals surface area contributed by atoms with E-state index in [9.17, 15) is 19.7 Å². The summed E-state index contributed by atoms with van der Waals surface area (Å²) in [6, 6.07) is 6.19. The summed E-state index contributed by atoms with van der Waals surface area (Å²) >= 11 is 0. The van der Waals surface area contributed by atoms with Gasteiger partial charge in [0.25, 0.3) is 5.69 Å². The van der Waals surface area contributed by atoms with Crippen molar-refractivity contribution in [2.75, 3.05) is 0 Å². The molecular weight excluding hydrogens is 496 g/mol. The molecule has 9 heteroatoms. The van der Waals surface area contributed by atoms with Gasteiger partial charge < -0.3 is 4.74 Å². The Morgan fingerprint density at radius 1 is 1.26 bits per heavy atom. The van der Waals surface area contributed by atoms with Gasteiger partial charge in [0, 0.05) is 12.1 Å². The normalized spacial score (nSPS) is 24.6. The summed E-state index contributed by atoms with van der Waals surface area (Å²) in [5.41, 5.74) is 3.46. The van der Waals surface area contributed by atoms with Crippen molar-refractivity contribution in [2.24, 2.45) is 22.7 Å². The minimum atomic E-state index is -0.497. The number of carbonyl (C=O) groups excluding carboxylic acids is 2. The summed E-state index contributed by atoms with van der Waals surface area (Å²) in [5, 5.41) is 18.9. The Morgan fingerprint density at radius 2 is 2.00 bits per heavy atom. The molecule has 0 amide bonds. The van der Waals surface area contributed by atoms with Gasteiger partial charge >= 0.3 is 5.97 Å². The third kappa shape index (κ3) is 6.52. The predicted molar refractivity (Wildman–Crippen MR) is 146 cm³/mol. The summed E-state index contributed by atoms with van der Waals surface area (Å²) in [6.45, 7) is 11.9. The standard InChI is InChI=1S/C30H38N4O5/c1-21-6-13-27-29(2,3)14-5-15-30(27,4)26(21)12-9-23(19-35)16-28(36)39-20-24-18-33(32-31-24)17-22-7-10-25(11-8-22)34(37)38/h7-11,18-19,26-27H,1,5-6,12-17,20H2,2-4H3/b23-9+/t26?,27-,30+/m0/s1. The van der Waals surface area contributed by atoms with Crippen molar-refractivity contribution < 1.29 is 19.2 Å². The molecular formula is C30H38N4O5. The van der Waals surface area contributed by atoms with Crippen molar-refractivity contribution in [3.8, 4) is 0 Å². The topological polar surface area (TPSA) is 117 Å². The van der Waals surface area contributed by atoms with E-state index in [1.165, 1.54) is 43.4 Å². The zero-order valence-corrected chi connectivity index (χ0v) is 23.1. The third-order valence-electron chi connectivity index (χ3n) is 8.89. The maximum absolute atomic E-state index is 12.5. The number of aldehydes is 1. The number of rotatable bonds is 10. The molecule has 9 nitrogen and oxygen atoms in total. The van der Waals surface area contributed by atoms with Crippen LogP contribution in [0.25, 0.3) is 0 Å². The lowest BCUT2D eigenvalue weighted by molar-refractivity contribution is -0.384. The number of nitrogens with zero attached hydrogens (tertiary/aromatic N) is 4. The molecule has 2 saturated carbocycles. The van der Waals surface area contributed by atoms with Crippen molar-refractivity contribution in [3.63, 3.8) is 0 Å². The first-order chi connectivity index (χ1) is 18.5. The van der Waals surface area contributed by atoms with E-state index in [1.54, 1.807) is 23.0 Å². The smallest absolute Gasteiger partial charge is 0.310 e. The lowest BCUT2D eigenvalue weighted by Gasteiger charge is -2.58. The number of fused-ring (bicyclic) bond motifs is 1.